The lowest BCUT2D eigenvalue weighted by atomic mass is 10.1. The fourth-order valence-electron chi connectivity index (χ4n) is 2.31. The molecule has 2 N–H and O–H groups in total. The minimum atomic E-state index is -0.358. The monoisotopic (exact) mass is 362 g/mol. The van der Waals surface area contributed by atoms with Gasteiger partial charge in [0.15, 0.2) is 0 Å². The molecule has 27 heavy (non-hydrogen) atoms. The van der Waals surface area contributed by atoms with E-state index in [4.69, 9.17) is 4.74 Å². The van der Waals surface area contributed by atoms with E-state index in [-0.39, 0.29) is 29.5 Å². The second kappa shape index (κ2) is 8.09. The molecule has 7 nitrogen and oxygen atoms in total. The van der Waals surface area contributed by atoms with Crippen molar-refractivity contribution >= 4 is 23.6 Å². The molecule has 2 aromatic carbocycles. The van der Waals surface area contributed by atoms with Crippen molar-refractivity contribution in [2.24, 2.45) is 0 Å². The van der Waals surface area contributed by atoms with Gasteiger partial charge < -0.3 is 10.1 Å². The van der Waals surface area contributed by atoms with Gasteiger partial charge in [0, 0.05) is 17.2 Å². The highest BCUT2D eigenvalue weighted by molar-refractivity contribution is 6.05. The molecule has 0 radical (unpaired) electrons. The van der Waals surface area contributed by atoms with Crippen molar-refractivity contribution in [3.63, 3.8) is 0 Å². The number of hydrogen-bond donors (Lipinski definition) is 2. The van der Waals surface area contributed by atoms with E-state index in [1.54, 1.807) is 36.4 Å². The molecule has 0 bridgehead atoms. The van der Waals surface area contributed by atoms with Crippen LogP contribution in [0.15, 0.2) is 60.7 Å². The van der Waals surface area contributed by atoms with E-state index >= 15 is 0 Å². The standard InChI is InChI=1S/C20H18N4O3/c1-13-8-10-15(11-9-13)19(26)24-20-22-16(12-17(23-20)27-2)21-18(25)14-6-4-3-5-7-14/h3-12H,1-2H3,(H2,21,22,23,24,25,26). The van der Waals surface area contributed by atoms with Crippen LogP contribution in [0.25, 0.3) is 0 Å². The zero-order chi connectivity index (χ0) is 19.2. The molecule has 0 atom stereocenters. The summed E-state index contributed by atoms with van der Waals surface area (Å²) in [5, 5.41) is 5.29. The number of rotatable bonds is 5. The number of carbonyl (C=O) groups is 2. The number of benzene rings is 2. The van der Waals surface area contributed by atoms with Crippen molar-refractivity contribution in [2.75, 3.05) is 17.7 Å². The van der Waals surface area contributed by atoms with Crippen molar-refractivity contribution in [2.45, 2.75) is 6.92 Å². The topological polar surface area (TPSA) is 93.2 Å². The highest BCUT2D eigenvalue weighted by Crippen LogP contribution is 2.17. The molecule has 0 aliphatic rings. The van der Waals surface area contributed by atoms with Crippen LogP contribution in [0.5, 0.6) is 5.88 Å². The number of ether oxygens (including phenoxy) is 1. The van der Waals surface area contributed by atoms with Gasteiger partial charge in [-0.1, -0.05) is 35.9 Å². The smallest absolute Gasteiger partial charge is 0.258 e. The average Bonchev–Trinajstić information content (AvgIpc) is 2.68. The Morgan fingerprint density at radius 2 is 1.48 bits per heavy atom. The molecule has 0 aliphatic carbocycles. The van der Waals surface area contributed by atoms with Crippen LogP contribution in [0.2, 0.25) is 0 Å². The van der Waals surface area contributed by atoms with Gasteiger partial charge in [-0.05, 0) is 31.2 Å². The number of methoxy groups -OCH3 is 1. The number of anilines is 2. The molecular weight excluding hydrogens is 344 g/mol. The summed E-state index contributed by atoms with van der Waals surface area (Å²) in [6, 6.07) is 17.3. The van der Waals surface area contributed by atoms with E-state index in [0.29, 0.717) is 11.1 Å². The molecule has 1 heterocycles. The number of nitrogens with zero attached hydrogens (tertiary/aromatic N) is 2. The van der Waals surface area contributed by atoms with E-state index in [2.05, 4.69) is 20.6 Å². The van der Waals surface area contributed by atoms with Gasteiger partial charge >= 0.3 is 0 Å². The van der Waals surface area contributed by atoms with Crippen LogP contribution in [0.1, 0.15) is 26.3 Å². The minimum absolute atomic E-state index is 0.0308. The summed E-state index contributed by atoms with van der Waals surface area (Å²) in [6.45, 7) is 1.94. The molecule has 3 rings (SSSR count). The second-order valence-corrected chi connectivity index (χ2v) is 5.76. The fourth-order valence-corrected chi connectivity index (χ4v) is 2.31. The Kier molecular flexibility index (Phi) is 5.41. The molecule has 0 unspecified atom stereocenters. The van der Waals surface area contributed by atoms with Gasteiger partial charge in [-0.15, -0.1) is 0 Å². The Labute approximate surface area is 156 Å². The number of aromatic nitrogens is 2. The van der Waals surface area contributed by atoms with Crippen LogP contribution in [-0.4, -0.2) is 28.9 Å². The summed E-state index contributed by atoms with van der Waals surface area (Å²) in [5.41, 5.74) is 2.01. The quantitative estimate of drug-likeness (QED) is 0.726. The van der Waals surface area contributed by atoms with E-state index in [1.807, 2.05) is 25.1 Å². The van der Waals surface area contributed by atoms with E-state index in [9.17, 15) is 9.59 Å². The van der Waals surface area contributed by atoms with Crippen LogP contribution in [0.3, 0.4) is 0 Å². The Bertz CT molecular complexity index is 957. The van der Waals surface area contributed by atoms with Crippen LogP contribution in [-0.2, 0) is 0 Å². The van der Waals surface area contributed by atoms with Gasteiger partial charge in [-0.3, -0.25) is 14.9 Å². The predicted molar refractivity (Wildman–Crippen MR) is 102 cm³/mol. The Balaban J connectivity index is 1.80. The molecule has 0 spiro atoms. The Morgan fingerprint density at radius 3 is 2.15 bits per heavy atom. The SMILES string of the molecule is COc1cc(NC(=O)c2ccccc2)nc(NC(=O)c2ccc(C)cc2)n1. The van der Waals surface area contributed by atoms with Gasteiger partial charge in [0.2, 0.25) is 11.8 Å². The first-order valence-electron chi connectivity index (χ1n) is 8.22. The molecule has 0 saturated heterocycles. The normalized spacial score (nSPS) is 10.1. The van der Waals surface area contributed by atoms with Crippen LogP contribution in [0.4, 0.5) is 11.8 Å². The van der Waals surface area contributed by atoms with Gasteiger partial charge in [0.1, 0.15) is 5.82 Å². The van der Waals surface area contributed by atoms with Gasteiger partial charge in [-0.2, -0.15) is 9.97 Å². The third kappa shape index (κ3) is 4.66. The zero-order valence-electron chi connectivity index (χ0n) is 14.9. The third-order valence-electron chi connectivity index (χ3n) is 3.73. The first-order chi connectivity index (χ1) is 13.0. The van der Waals surface area contributed by atoms with Gasteiger partial charge in [0.05, 0.1) is 7.11 Å². The summed E-state index contributed by atoms with van der Waals surface area (Å²) in [5.74, 6) is -0.221. The molecule has 0 fully saturated rings. The Morgan fingerprint density at radius 1 is 0.852 bits per heavy atom. The second-order valence-electron chi connectivity index (χ2n) is 5.76. The maximum atomic E-state index is 12.4. The van der Waals surface area contributed by atoms with Crippen LogP contribution in [0, 0.1) is 6.92 Å². The zero-order valence-corrected chi connectivity index (χ0v) is 14.9. The largest absolute Gasteiger partial charge is 0.481 e. The lowest BCUT2D eigenvalue weighted by Crippen LogP contribution is -2.17. The Hall–Kier alpha value is -3.74. The van der Waals surface area contributed by atoms with Gasteiger partial charge in [0.25, 0.3) is 11.8 Å². The summed E-state index contributed by atoms with van der Waals surface area (Å²) in [4.78, 5) is 32.9. The van der Waals surface area contributed by atoms with Crippen LogP contribution < -0.4 is 15.4 Å². The summed E-state index contributed by atoms with van der Waals surface area (Å²) in [6.07, 6.45) is 0. The lowest BCUT2D eigenvalue weighted by Gasteiger charge is -2.09. The first kappa shape index (κ1) is 18.1. The van der Waals surface area contributed by atoms with Crippen molar-refractivity contribution < 1.29 is 14.3 Å². The summed E-state index contributed by atoms with van der Waals surface area (Å²) in [7, 11) is 1.44. The summed E-state index contributed by atoms with van der Waals surface area (Å²) < 4.78 is 5.13. The maximum Gasteiger partial charge on any atom is 0.258 e. The molecule has 1 aromatic heterocycles. The van der Waals surface area contributed by atoms with Crippen molar-refractivity contribution in [1.82, 2.24) is 9.97 Å². The molecule has 0 saturated carbocycles. The number of carbonyl (C=O) groups excluding carboxylic acids is 2. The fraction of sp³-hybridized carbons (Fsp3) is 0.100. The molecule has 0 aliphatic heterocycles. The highest BCUT2D eigenvalue weighted by Gasteiger charge is 2.13. The van der Waals surface area contributed by atoms with Gasteiger partial charge in [-0.25, -0.2) is 0 Å². The first-order valence-corrected chi connectivity index (χ1v) is 8.22. The van der Waals surface area contributed by atoms with Crippen molar-refractivity contribution in [3.05, 3.63) is 77.4 Å². The van der Waals surface area contributed by atoms with E-state index in [0.717, 1.165) is 5.56 Å². The number of nitrogens with one attached hydrogen (secondary N) is 2. The minimum Gasteiger partial charge on any atom is -0.481 e. The molecule has 3 aromatic rings. The highest BCUT2D eigenvalue weighted by atomic mass is 16.5. The number of aryl methyl sites for hydroxylation is 1. The number of amides is 2. The van der Waals surface area contributed by atoms with E-state index in [1.165, 1.54) is 13.2 Å². The molecular formula is C20H18N4O3. The van der Waals surface area contributed by atoms with Crippen molar-refractivity contribution in [1.29, 1.82) is 0 Å². The third-order valence-corrected chi connectivity index (χ3v) is 3.73. The van der Waals surface area contributed by atoms with Crippen LogP contribution >= 0.6 is 0 Å². The van der Waals surface area contributed by atoms with E-state index < -0.39 is 0 Å². The predicted octanol–water partition coefficient (Wildman–Crippen LogP) is 3.30. The average molecular weight is 362 g/mol. The maximum absolute atomic E-state index is 12.4. The molecule has 136 valence electrons. The molecule has 2 amide bonds. The number of hydrogen-bond acceptors (Lipinski definition) is 5. The lowest BCUT2D eigenvalue weighted by molar-refractivity contribution is 0.101. The van der Waals surface area contributed by atoms with Crippen molar-refractivity contribution in [3.8, 4) is 5.88 Å². The molecule has 7 heteroatoms. The summed E-state index contributed by atoms with van der Waals surface area (Å²) >= 11 is 0.